The van der Waals surface area contributed by atoms with E-state index in [1.165, 1.54) is 6.07 Å². The Morgan fingerprint density at radius 1 is 1.50 bits per heavy atom. The predicted molar refractivity (Wildman–Crippen MR) is 67.7 cm³/mol. The lowest BCUT2D eigenvalue weighted by atomic mass is 9.98. The molecular weight excluding hydrogens is 234 g/mol. The van der Waals surface area contributed by atoms with Crippen molar-refractivity contribution in [1.29, 1.82) is 0 Å². The minimum Gasteiger partial charge on any atom is -0.396 e. The fraction of sp³-hybridized carbons (Fsp3) is 0.583. The zero-order chi connectivity index (χ0) is 13.1. The molecule has 1 aromatic heterocycles. The summed E-state index contributed by atoms with van der Waals surface area (Å²) >= 11 is 0. The van der Waals surface area contributed by atoms with Crippen molar-refractivity contribution in [2.75, 3.05) is 24.6 Å². The Hall–Kier alpha value is -1.69. The second-order valence-corrected chi connectivity index (χ2v) is 4.64. The van der Waals surface area contributed by atoms with Gasteiger partial charge in [-0.25, -0.2) is 4.98 Å². The first-order chi connectivity index (χ1) is 8.61. The molecule has 1 aromatic rings. The van der Waals surface area contributed by atoms with Gasteiger partial charge in [-0.15, -0.1) is 0 Å². The van der Waals surface area contributed by atoms with E-state index >= 15 is 0 Å². The molecule has 6 nitrogen and oxygen atoms in total. The van der Waals surface area contributed by atoms with Gasteiger partial charge in [-0.05, 0) is 31.7 Å². The van der Waals surface area contributed by atoms with Gasteiger partial charge in [-0.2, -0.15) is 0 Å². The van der Waals surface area contributed by atoms with Crippen molar-refractivity contribution in [2.24, 2.45) is 5.92 Å². The Kier molecular flexibility index (Phi) is 3.76. The highest BCUT2D eigenvalue weighted by atomic mass is 16.6. The van der Waals surface area contributed by atoms with Gasteiger partial charge in [0.05, 0.1) is 4.92 Å². The predicted octanol–water partition coefficient (Wildman–Crippen LogP) is 1.51. The van der Waals surface area contributed by atoms with Gasteiger partial charge in [0.15, 0.2) is 0 Å². The van der Waals surface area contributed by atoms with E-state index in [1.807, 2.05) is 0 Å². The van der Waals surface area contributed by atoms with Crippen molar-refractivity contribution < 1.29 is 10.0 Å². The molecule has 0 saturated carbocycles. The summed E-state index contributed by atoms with van der Waals surface area (Å²) in [5, 5.41) is 19.8. The van der Waals surface area contributed by atoms with Crippen LogP contribution in [0.2, 0.25) is 0 Å². The summed E-state index contributed by atoms with van der Waals surface area (Å²) in [6, 6.07) is 3.21. The number of hydrogen-bond donors (Lipinski definition) is 1. The standard InChI is InChI=1S/C12H17N3O3/c1-9-11(15(17)18)2-3-12(13-9)14-6-4-10(8-16)5-7-14/h2-3,10,16H,4-8H2,1H3. The first-order valence-corrected chi connectivity index (χ1v) is 6.09. The van der Waals surface area contributed by atoms with Crippen LogP contribution in [0.1, 0.15) is 18.5 Å². The molecule has 6 heteroatoms. The number of anilines is 1. The second-order valence-electron chi connectivity index (χ2n) is 4.64. The maximum Gasteiger partial charge on any atom is 0.290 e. The zero-order valence-corrected chi connectivity index (χ0v) is 10.4. The van der Waals surface area contributed by atoms with Gasteiger partial charge >= 0.3 is 0 Å². The molecule has 0 amide bonds. The Balaban J connectivity index is 2.11. The van der Waals surface area contributed by atoms with Crippen LogP contribution in [0.25, 0.3) is 0 Å². The maximum atomic E-state index is 10.7. The smallest absolute Gasteiger partial charge is 0.290 e. The molecular formula is C12H17N3O3. The van der Waals surface area contributed by atoms with E-state index in [4.69, 9.17) is 5.11 Å². The van der Waals surface area contributed by atoms with Crippen molar-refractivity contribution in [2.45, 2.75) is 19.8 Å². The van der Waals surface area contributed by atoms with E-state index in [0.717, 1.165) is 31.7 Å². The lowest BCUT2D eigenvalue weighted by Gasteiger charge is -2.32. The van der Waals surface area contributed by atoms with Crippen LogP contribution in [-0.2, 0) is 0 Å². The van der Waals surface area contributed by atoms with Gasteiger partial charge in [0, 0.05) is 25.8 Å². The van der Waals surface area contributed by atoms with Crippen LogP contribution in [0, 0.1) is 23.0 Å². The summed E-state index contributed by atoms with van der Waals surface area (Å²) in [6.07, 6.45) is 1.88. The number of aromatic nitrogens is 1. The third kappa shape index (κ3) is 2.59. The van der Waals surface area contributed by atoms with E-state index in [9.17, 15) is 10.1 Å². The molecule has 2 rings (SSSR count). The number of nitro groups is 1. The quantitative estimate of drug-likeness (QED) is 0.650. The van der Waals surface area contributed by atoms with Crippen LogP contribution < -0.4 is 4.90 Å². The fourth-order valence-corrected chi connectivity index (χ4v) is 2.25. The van der Waals surface area contributed by atoms with Crippen LogP contribution in [0.5, 0.6) is 0 Å². The maximum absolute atomic E-state index is 10.7. The van der Waals surface area contributed by atoms with Gasteiger partial charge in [0.25, 0.3) is 5.69 Å². The van der Waals surface area contributed by atoms with Crippen molar-refractivity contribution in [3.63, 3.8) is 0 Å². The topological polar surface area (TPSA) is 79.5 Å². The third-order valence-electron chi connectivity index (χ3n) is 3.44. The average molecular weight is 251 g/mol. The molecule has 0 bridgehead atoms. The van der Waals surface area contributed by atoms with Gasteiger partial charge in [-0.1, -0.05) is 0 Å². The number of rotatable bonds is 3. The SMILES string of the molecule is Cc1nc(N2CCC(CO)CC2)ccc1[N+](=O)[O-]. The van der Waals surface area contributed by atoms with E-state index in [-0.39, 0.29) is 12.3 Å². The zero-order valence-electron chi connectivity index (χ0n) is 10.4. The normalized spacial score (nSPS) is 16.9. The minimum atomic E-state index is -0.413. The lowest BCUT2D eigenvalue weighted by molar-refractivity contribution is -0.385. The molecule has 0 aromatic carbocycles. The molecule has 1 aliphatic heterocycles. The number of pyridine rings is 1. The number of aliphatic hydroxyl groups is 1. The summed E-state index contributed by atoms with van der Waals surface area (Å²) in [6.45, 7) is 3.58. The molecule has 0 spiro atoms. The molecule has 98 valence electrons. The summed E-state index contributed by atoms with van der Waals surface area (Å²) in [5.74, 6) is 1.16. The van der Waals surface area contributed by atoms with Crippen molar-refractivity contribution >= 4 is 11.5 Å². The minimum absolute atomic E-state index is 0.0593. The molecule has 0 radical (unpaired) electrons. The van der Waals surface area contributed by atoms with E-state index in [1.54, 1.807) is 13.0 Å². The second kappa shape index (κ2) is 5.30. The largest absolute Gasteiger partial charge is 0.396 e. The first-order valence-electron chi connectivity index (χ1n) is 6.09. The molecule has 0 aliphatic carbocycles. The van der Waals surface area contributed by atoms with Gasteiger partial charge < -0.3 is 10.0 Å². The van der Waals surface area contributed by atoms with Gasteiger partial charge in [0.1, 0.15) is 11.5 Å². The van der Waals surface area contributed by atoms with Crippen LogP contribution in [-0.4, -0.2) is 34.7 Å². The summed E-state index contributed by atoms with van der Waals surface area (Å²) in [4.78, 5) is 16.7. The number of hydrogen-bond acceptors (Lipinski definition) is 5. The highest BCUT2D eigenvalue weighted by Gasteiger charge is 2.21. The molecule has 1 saturated heterocycles. The monoisotopic (exact) mass is 251 g/mol. The number of piperidine rings is 1. The highest BCUT2D eigenvalue weighted by molar-refractivity contribution is 5.47. The molecule has 18 heavy (non-hydrogen) atoms. The van der Waals surface area contributed by atoms with Gasteiger partial charge in [0.2, 0.25) is 0 Å². The van der Waals surface area contributed by atoms with E-state index < -0.39 is 4.92 Å². The van der Waals surface area contributed by atoms with Crippen molar-refractivity contribution in [3.05, 3.63) is 27.9 Å². The molecule has 2 heterocycles. The van der Waals surface area contributed by atoms with Crippen LogP contribution in [0.3, 0.4) is 0 Å². The number of aryl methyl sites for hydroxylation is 1. The van der Waals surface area contributed by atoms with E-state index in [0.29, 0.717) is 11.6 Å². The van der Waals surface area contributed by atoms with Crippen molar-refractivity contribution in [1.82, 2.24) is 4.98 Å². The van der Waals surface area contributed by atoms with Crippen molar-refractivity contribution in [3.8, 4) is 0 Å². The summed E-state index contributed by atoms with van der Waals surface area (Å²) in [7, 11) is 0. The van der Waals surface area contributed by atoms with Gasteiger partial charge in [-0.3, -0.25) is 10.1 Å². The Bertz CT molecular complexity index is 442. The highest BCUT2D eigenvalue weighted by Crippen LogP contribution is 2.24. The molecule has 1 aliphatic rings. The van der Waals surface area contributed by atoms with Crippen LogP contribution >= 0.6 is 0 Å². The Morgan fingerprint density at radius 3 is 2.67 bits per heavy atom. The van der Waals surface area contributed by atoms with Crippen LogP contribution in [0.15, 0.2) is 12.1 Å². The molecule has 1 N–H and O–H groups in total. The average Bonchev–Trinajstić information content (AvgIpc) is 2.38. The summed E-state index contributed by atoms with van der Waals surface area (Å²) < 4.78 is 0. The first kappa shape index (κ1) is 12.8. The molecule has 0 atom stereocenters. The van der Waals surface area contributed by atoms with E-state index in [2.05, 4.69) is 9.88 Å². The number of nitrogens with zero attached hydrogens (tertiary/aromatic N) is 3. The lowest BCUT2D eigenvalue weighted by Crippen LogP contribution is -2.35. The Labute approximate surface area is 105 Å². The fourth-order valence-electron chi connectivity index (χ4n) is 2.25. The number of aliphatic hydroxyl groups excluding tert-OH is 1. The van der Waals surface area contributed by atoms with Crippen LogP contribution in [0.4, 0.5) is 11.5 Å². The Morgan fingerprint density at radius 2 is 2.17 bits per heavy atom. The molecule has 0 unspecified atom stereocenters. The summed E-state index contributed by atoms with van der Waals surface area (Å²) in [5.41, 5.74) is 0.505. The molecule has 1 fully saturated rings. The third-order valence-corrected chi connectivity index (χ3v) is 3.44.